The van der Waals surface area contributed by atoms with Gasteiger partial charge in [-0.15, -0.1) is 0 Å². The molecular formula is C12H19FN2. The minimum absolute atomic E-state index is 0.249. The molecule has 0 heterocycles. The van der Waals surface area contributed by atoms with E-state index in [0.717, 1.165) is 13.0 Å². The van der Waals surface area contributed by atoms with Crippen molar-refractivity contribution in [1.82, 2.24) is 0 Å². The zero-order valence-electron chi connectivity index (χ0n) is 9.63. The summed E-state index contributed by atoms with van der Waals surface area (Å²) in [6.45, 7) is 5.12. The van der Waals surface area contributed by atoms with Crippen molar-refractivity contribution in [1.29, 1.82) is 0 Å². The standard InChI is InChI=1S/C12H19FN2/c1-9(2)7-8-15(3)12-10(13)5-4-6-11(12)14/h4-6,9H,7-8,14H2,1-3H3. The lowest BCUT2D eigenvalue weighted by Gasteiger charge is -2.22. The average molecular weight is 210 g/mol. The van der Waals surface area contributed by atoms with Crippen LogP contribution >= 0.6 is 0 Å². The fraction of sp³-hybridized carbons (Fsp3) is 0.500. The Morgan fingerprint density at radius 2 is 2.07 bits per heavy atom. The highest BCUT2D eigenvalue weighted by atomic mass is 19.1. The van der Waals surface area contributed by atoms with Crippen molar-refractivity contribution in [3.8, 4) is 0 Å². The normalized spacial score (nSPS) is 10.7. The first kappa shape index (κ1) is 11.8. The van der Waals surface area contributed by atoms with E-state index < -0.39 is 0 Å². The molecule has 1 aromatic carbocycles. The predicted molar refractivity (Wildman–Crippen MR) is 63.5 cm³/mol. The van der Waals surface area contributed by atoms with Crippen LogP contribution < -0.4 is 10.6 Å². The molecule has 0 aliphatic carbocycles. The fourth-order valence-electron chi connectivity index (χ4n) is 1.50. The second kappa shape index (κ2) is 5.01. The van der Waals surface area contributed by atoms with E-state index in [0.29, 0.717) is 17.3 Å². The molecule has 0 aliphatic heterocycles. The first-order chi connectivity index (χ1) is 7.02. The molecule has 0 unspecified atom stereocenters. The summed E-state index contributed by atoms with van der Waals surface area (Å²) in [5.41, 5.74) is 6.76. The number of hydrogen-bond donors (Lipinski definition) is 1. The van der Waals surface area contributed by atoms with Crippen molar-refractivity contribution in [3.05, 3.63) is 24.0 Å². The summed E-state index contributed by atoms with van der Waals surface area (Å²) in [6, 6.07) is 4.80. The number of benzene rings is 1. The van der Waals surface area contributed by atoms with E-state index in [4.69, 9.17) is 5.73 Å². The summed E-state index contributed by atoms with van der Waals surface area (Å²) >= 11 is 0. The van der Waals surface area contributed by atoms with Crippen LogP contribution in [0.1, 0.15) is 20.3 Å². The smallest absolute Gasteiger partial charge is 0.148 e. The van der Waals surface area contributed by atoms with Crippen LogP contribution in [-0.4, -0.2) is 13.6 Å². The third-order valence-corrected chi connectivity index (χ3v) is 2.44. The van der Waals surface area contributed by atoms with Gasteiger partial charge in [0.15, 0.2) is 0 Å². The fourth-order valence-corrected chi connectivity index (χ4v) is 1.50. The molecule has 0 atom stereocenters. The molecule has 1 rings (SSSR count). The molecule has 84 valence electrons. The molecular weight excluding hydrogens is 191 g/mol. The van der Waals surface area contributed by atoms with Gasteiger partial charge in [-0.3, -0.25) is 0 Å². The van der Waals surface area contributed by atoms with Crippen LogP contribution in [0.2, 0.25) is 0 Å². The number of nitrogens with two attached hydrogens (primary N) is 1. The van der Waals surface area contributed by atoms with Crippen molar-refractivity contribution in [2.24, 2.45) is 5.92 Å². The molecule has 1 aromatic rings. The molecule has 0 saturated carbocycles. The minimum Gasteiger partial charge on any atom is -0.397 e. The highest BCUT2D eigenvalue weighted by Gasteiger charge is 2.10. The third-order valence-electron chi connectivity index (χ3n) is 2.44. The van der Waals surface area contributed by atoms with E-state index in [2.05, 4.69) is 13.8 Å². The van der Waals surface area contributed by atoms with Gasteiger partial charge in [-0.2, -0.15) is 0 Å². The molecule has 2 N–H and O–H groups in total. The second-order valence-electron chi connectivity index (χ2n) is 4.28. The quantitative estimate of drug-likeness (QED) is 0.774. The van der Waals surface area contributed by atoms with Crippen LogP contribution in [0.4, 0.5) is 15.8 Å². The van der Waals surface area contributed by atoms with Gasteiger partial charge in [0.2, 0.25) is 0 Å². The summed E-state index contributed by atoms with van der Waals surface area (Å²) in [7, 11) is 1.87. The second-order valence-corrected chi connectivity index (χ2v) is 4.28. The van der Waals surface area contributed by atoms with E-state index in [1.807, 2.05) is 11.9 Å². The molecule has 15 heavy (non-hydrogen) atoms. The summed E-state index contributed by atoms with van der Waals surface area (Å²) in [4.78, 5) is 1.88. The molecule has 0 spiro atoms. The summed E-state index contributed by atoms with van der Waals surface area (Å²) in [5, 5.41) is 0. The van der Waals surface area contributed by atoms with Crippen LogP contribution in [0.3, 0.4) is 0 Å². The van der Waals surface area contributed by atoms with Gasteiger partial charge in [0.25, 0.3) is 0 Å². The molecule has 0 bridgehead atoms. The zero-order chi connectivity index (χ0) is 11.4. The Kier molecular flexibility index (Phi) is 3.95. The number of nitrogen functional groups attached to an aromatic ring is 1. The van der Waals surface area contributed by atoms with E-state index in [-0.39, 0.29) is 5.82 Å². The van der Waals surface area contributed by atoms with Gasteiger partial charge in [0.05, 0.1) is 11.4 Å². The Labute approximate surface area is 90.9 Å². The molecule has 0 fully saturated rings. The van der Waals surface area contributed by atoms with Crippen molar-refractivity contribution >= 4 is 11.4 Å². The van der Waals surface area contributed by atoms with E-state index >= 15 is 0 Å². The van der Waals surface area contributed by atoms with Crippen LogP contribution in [0.25, 0.3) is 0 Å². The summed E-state index contributed by atoms with van der Waals surface area (Å²) in [6.07, 6.45) is 1.03. The molecule has 3 heteroatoms. The SMILES string of the molecule is CC(C)CCN(C)c1c(N)cccc1F. The number of rotatable bonds is 4. The highest BCUT2D eigenvalue weighted by Crippen LogP contribution is 2.25. The van der Waals surface area contributed by atoms with Gasteiger partial charge in [-0.1, -0.05) is 19.9 Å². The molecule has 0 radical (unpaired) electrons. The van der Waals surface area contributed by atoms with Gasteiger partial charge in [0.1, 0.15) is 5.82 Å². The molecule has 0 aliphatic rings. The number of para-hydroxylation sites is 1. The Morgan fingerprint density at radius 1 is 1.40 bits per heavy atom. The van der Waals surface area contributed by atoms with E-state index in [1.165, 1.54) is 6.07 Å². The Hall–Kier alpha value is -1.25. The predicted octanol–water partition coefficient (Wildman–Crippen LogP) is 2.89. The van der Waals surface area contributed by atoms with E-state index in [1.54, 1.807) is 12.1 Å². The van der Waals surface area contributed by atoms with Crippen LogP contribution in [0.5, 0.6) is 0 Å². The number of nitrogens with zero attached hydrogens (tertiary/aromatic N) is 1. The Morgan fingerprint density at radius 3 is 2.60 bits per heavy atom. The van der Waals surface area contributed by atoms with Crippen LogP contribution in [-0.2, 0) is 0 Å². The van der Waals surface area contributed by atoms with Crippen molar-refractivity contribution in [3.63, 3.8) is 0 Å². The van der Waals surface area contributed by atoms with Crippen LogP contribution in [0, 0.1) is 11.7 Å². The number of anilines is 2. The maximum absolute atomic E-state index is 13.5. The summed E-state index contributed by atoms with van der Waals surface area (Å²) < 4.78 is 13.5. The minimum atomic E-state index is -0.249. The zero-order valence-corrected chi connectivity index (χ0v) is 9.63. The van der Waals surface area contributed by atoms with Gasteiger partial charge in [-0.25, -0.2) is 4.39 Å². The van der Waals surface area contributed by atoms with Crippen LogP contribution in [0.15, 0.2) is 18.2 Å². The third kappa shape index (κ3) is 3.11. The molecule has 0 saturated heterocycles. The number of halogens is 1. The van der Waals surface area contributed by atoms with Gasteiger partial charge in [-0.05, 0) is 24.5 Å². The Bertz CT molecular complexity index is 303. The maximum atomic E-state index is 13.5. The lowest BCUT2D eigenvalue weighted by atomic mass is 10.1. The first-order valence-corrected chi connectivity index (χ1v) is 5.27. The largest absolute Gasteiger partial charge is 0.397 e. The highest BCUT2D eigenvalue weighted by molar-refractivity contribution is 5.67. The van der Waals surface area contributed by atoms with Gasteiger partial charge < -0.3 is 10.6 Å². The maximum Gasteiger partial charge on any atom is 0.148 e. The molecule has 2 nitrogen and oxygen atoms in total. The molecule has 0 amide bonds. The average Bonchev–Trinajstić information content (AvgIpc) is 2.14. The topological polar surface area (TPSA) is 29.3 Å². The van der Waals surface area contributed by atoms with E-state index in [9.17, 15) is 4.39 Å². The van der Waals surface area contributed by atoms with Crippen molar-refractivity contribution in [2.75, 3.05) is 24.2 Å². The molecule has 0 aromatic heterocycles. The first-order valence-electron chi connectivity index (χ1n) is 5.27. The van der Waals surface area contributed by atoms with Crippen molar-refractivity contribution < 1.29 is 4.39 Å². The summed E-state index contributed by atoms with van der Waals surface area (Å²) in [5.74, 6) is 0.363. The van der Waals surface area contributed by atoms with Crippen molar-refractivity contribution in [2.45, 2.75) is 20.3 Å². The Balaban J connectivity index is 2.77. The lowest BCUT2D eigenvalue weighted by molar-refractivity contribution is 0.575. The monoisotopic (exact) mass is 210 g/mol. The van der Waals surface area contributed by atoms with Gasteiger partial charge in [0, 0.05) is 13.6 Å². The number of hydrogen-bond acceptors (Lipinski definition) is 2. The lowest BCUT2D eigenvalue weighted by Crippen LogP contribution is -2.22. The van der Waals surface area contributed by atoms with Gasteiger partial charge >= 0.3 is 0 Å².